The van der Waals surface area contributed by atoms with Gasteiger partial charge in [-0.15, -0.1) is 0 Å². The number of halogens is 1. The van der Waals surface area contributed by atoms with Crippen molar-refractivity contribution in [2.24, 2.45) is 0 Å². The minimum absolute atomic E-state index is 0.0159. The van der Waals surface area contributed by atoms with Gasteiger partial charge in [0.15, 0.2) is 0 Å². The average Bonchev–Trinajstić information content (AvgIpc) is 2.40. The zero-order chi connectivity index (χ0) is 13.0. The number of amides is 1. The Hall–Kier alpha value is -1.46. The van der Waals surface area contributed by atoms with Crippen molar-refractivity contribution in [3.63, 3.8) is 0 Å². The number of nitrogens with one attached hydrogen (secondary N) is 1. The van der Waals surface area contributed by atoms with E-state index in [1.807, 2.05) is 0 Å². The van der Waals surface area contributed by atoms with Gasteiger partial charge in [0, 0.05) is 12.1 Å². The summed E-state index contributed by atoms with van der Waals surface area (Å²) < 4.78 is 19.2. The molecule has 1 aliphatic heterocycles. The zero-order valence-electron chi connectivity index (χ0n) is 10.4. The molecule has 1 N–H and O–H groups in total. The summed E-state index contributed by atoms with van der Waals surface area (Å²) in [7, 11) is 1.73. The van der Waals surface area contributed by atoms with Crippen LogP contribution in [0.4, 0.5) is 4.39 Å². The molecule has 0 aliphatic carbocycles. The van der Waals surface area contributed by atoms with Crippen LogP contribution in [0.5, 0.6) is 0 Å². The van der Waals surface area contributed by atoms with E-state index in [2.05, 4.69) is 5.32 Å². The van der Waals surface area contributed by atoms with Crippen LogP contribution in [0.25, 0.3) is 0 Å². The van der Waals surface area contributed by atoms with Gasteiger partial charge in [0.05, 0.1) is 19.7 Å². The molecule has 1 aromatic carbocycles. The van der Waals surface area contributed by atoms with Crippen molar-refractivity contribution >= 4 is 5.91 Å². The van der Waals surface area contributed by atoms with Crippen molar-refractivity contribution in [3.05, 3.63) is 35.6 Å². The molecule has 0 aromatic heterocycles. The van der Waals surface area contributed by atoms with Crippen molar-refractivity contribution in [1.82, 2.24) is 10.2 Å². The highest BCUT2D eigenvalue weighted by Crippen LogP contribution is 2.24. The molecule has 1 fully saturated rings. The lowest BCUT2D eigenvalue weighted by Gasteiger charge is -2.33. The molecule has 0 saturated carbocycles. The number of rotatable bonds is 3. The second-order valence-electron chi connectivity index (χ2n) is 4.25. The molecule has 1 saturated heterocycles. The van der Waals surface area contributed by atoms with Crippen LogP contribution < -0.4 is 5.32 Å². The van der Waals surface area contributed by atoms with Gasteiger partial charge in [-0.2, -0.15) is 0 Å². The highest BCUT2D eigenvalue weighted by Gasteiger charge is 2.26. The molecule has 1 heterocycles. The van der Waals surface area contributed by atoms with Crippen LogP contribution in [-0.2, 0) is 9.53 Å². The minimum Gasteiger partial charge on any atom is -0.370 e. The Morgan fingerprint density at radius 1 is 1.56 bits per heavy atom. The van der Waals surface area contributed by atoms with Gasteiger partial charge in [-0.05, 0) is 13.1 Å². The summed E-state index contributed by atoms with van der Waals surface area (Å²) in [6.07, 6.45) is -0.374. The first-order chi connectivity index (χ1) is 8.72. The quantitative estimate of drug-likeness (QED) is 0.870. The normalized spacial score (nSPS) is 19.9. The highest BCUT2D eigenvalue weighted by molar-refractivity contribution is 5.78. The van der Waals surface area contributed by atoms with Crippen LogP contribution in [0.3, 0.4) is 0 Å². The summed E-state index contributed by atoms with van der Waals surface area (Å²) in [5, 5.41) is 2.82. The Kier molecular flexibility index (Phi) is 4.28. The summed E-state index contributed by atoms with van der Waals surface area (Å²) in [4.78, 5) is 13.5. The maximum atomic E-state index is 13.7. The topological polar surface area (TPSA) is 41.6 Å². The van der Waals surface area contributed by atoms with Gasteiger partial charge >= 0.3 is 0 Å². The number of hydrogen-bond acceptors (Lipinski definition) is 3. The molecule has 18 heavy (non-hydrogen) atoms. The third-order valence-electron chi connectivity index (χ3n) is 3.00. The minimum atomic E-state index is -0.374. The third-order valence-corrected chi connectivity index (χ3v) is 3.00. The van der Waals surface area contributed by atoms with Crippen LogP contribution >= 0.6 is 0 Å². The molecule has 1 amide bonds. The molecule has 0 bridgehead atoms. The zero-order valence-corrected chi connectivity index (χ0v) is 10.4. The van der Waals surface area contributed by atoms with Crippen molar-refractivity contribution < 1.29 is 13.9 Å². The van der Waals surface area contributed by atoms with E-state index in [0.717, 1.165) is 0 Å². The molecule has 5 heteroatoms. The first-order valence-electron chi connectivity index (χ1n) is 6.00. The van der Waals surface area contributed by atoms with Crippen LogP contribution in [0.2, 0.25) is 0 Å². The van der Waals surface area contributed by atoms with Crippen molar-refractivity contribution in [3.8, 4) is 0 Å². The monoisotopic (exact) mass is 252 g/mol. The highest BCUT2D eigenvalue weighted by atomic mass is 19.1. The number of carbonyl (C=O) groups excluding carboxylic acids is 1. The molecule has 0 spiro atoms. The van der Waals surface area contributed by atoms with Gasteiger partial charge in [0.1, 0.15) is 11.9 Å². The van der Waals surface area contributed by atoms with Crippen molar-refractivity contribution in [2.45, 2.75) is 6.10 Å². The van der Waals surface area contributed by atoms with Crippen molar-refractivity contribution in [1.29, 1.82) is 0 Å². The van der Waals surface area contributed by atoms with E-state index in [1.54, 1.807) is 30.1 Å². The van der Waals surface area contributed by atoms with Gasteiger partial charge < -0.3 is 15.0 Å². The number of carbonyl (C=O) groups is 1. The Labute approximate surface area is 106 Å². The molecule has 1 atom stereocenters. The van der Waals surface area contributed by atoms with Gasteiger partial charge in [0.25, 0.3) is 0 Å². The molecular formula is C13H17FN2O2. The maximum Gasteiger partial charge on any atom is 0.236 e. The van der Waals surface area contributed by atoms with Gasteiger partial charge in [-0.1, -0.05) is 18.2 Å². The molecule has 1 aromatic rings. The van der Waals surface area contributed by atoms with E-state index < -0.39 is 0 Å². The van der Waals surface area contributed by atoms with Gasteiger partial charge in [-0.25, -0.2) is 4.39 Å². The van der Waals surface area contributed by atoms with Gasteiger partial charge in [0.2, 0.25) is 5.91 Å². The standard InChI is InChI=1S/C13H17FN2O2/c1-15-8-13(17)16-6-7-18-12(9-16)10-4-2-3-5-11(10)14/h2-5,12,15H,6-9H2,1H3/t12-/m1/s1. The van der Waals surface area contributed by atoms with E-state index in [4.69, 9.17) is 4.74 Å². The average molecular weight is 252 g/mol. The number of benzene rings is 1. The Balaban J connectivity index is 2.07. The van der Waals surface area contributed by atoms with Crippen LogP contribution in [0.15, 0.2) is 24.3 Å². The molecule has 98 valence electrons. The van der Waals surface area contributed by atoms with E-state index in [1.165, 1.54) is 6.07 Å². The molecule has 0 unspecified atom stereocenters. The van der Waals surface area contributed by atoms with Crippen molar-refractivity contribution in [2.75, 3.05) is 33.3 Å². The fourth-order valence-corrected chi connectivity index (χ4v) is 2.06. The lowest BCUT2D eigenvalue weighted by atomic mass is 10.1. The number of ether oxygens (including phenoxy) is 1. The van der Waals surface area contributed by atoms with Gasteiger partial charge in [-0.3, -0.25) is 4.79 Å². The predicted molar refractivity (Wildman–Crippen MR) is 65.6 cm³/mol. The SMILES string of the molecule is CNCC(=O)N1CCO[C@@H](c2ccccc2F)C1. The molecule has 4 nitrogen and oxygen atoms in total. The second kappa shape index (κ2) is 5.93. The number of morpholine rings is 1. The summed E-state index contributed by atoms with van der Waals surface area (Å²) in [5.41, 5.74) is 0.513. The fraction of sp³-hybridized carbons (Fsp3) is 0.462. The maximum absolute atomic E-state index is 13.7. The molecule has 0 radical (unpaired) electrons. The summed E-state index contributed by atoms with van der Waals surface area (Å²) in [6, 6.07) is 6.53. The summed E-state index contributed by atoms with van der Waals surface area (Å²) in [5.74, 6) is -0.271. The second-order valence-corrected chi connectivity index (χ2v) is 4.25. The molecular weight excluding hydrogens is 235 g/mol. The van der Waals surface area contributed by atoms with Crippen LogP contribution in [0, 0.1) is 5.82 Å². The van der Waals surface area contributed by atoms with Crippen LogP contribution in [0.1, 0.15) is 11.7 Å². The summed E-state index contributed by atoms with van der Waals surface area (Å²) >= 11 is 0. The number of nitrogens with zero attached hydrogens (tertiary/aromatic N) is 1. The number of hydrogen-bond donors (Lipinski definition) is 1. The Morgan fingerprint density at radius 3 is 3.06 bits per heavy atom. The predicted octanol–water partition coefficient (Wildman–Crippen LogP) is 0.945. The summed E-state index contributed by atoms with van der Waals surface area (Å²) in [6.45, 7) is 1.70. The van der Waals surface area contributed by atoms with E-state index >= 15 is 0 Å². The Bertz CT molecular complexity index is 425. The lowest BCUT2D eigenvalue weighted by Crippen LogP contribution is -2.45. The third kappa shape index (κ3) is 2.86. The largest absolute Gasteiger partial charge is 0.370 e. The van der Waals surface area contributed by atoms with E-state index in [0.29, 0.717) is 31.8 Å². The van der Waals surface area contributed by atoms with E-state index in [-0.39, 0.29) is 17.8 Å². The smallest absolute Gasteiger partial charge is 0.236 e. The fourth-order valence-electron chi connectivity index (χ4n) is 2.06. The van der Waals surface area contributed by atoms with E-state index in [9.17, 15) is 9.18 Å². The first kappa shape index (κ1) is 13.0. The Morgan fingerprint density at radius 2 is 2.33 bits per heavy atom. The molecule has 1 aliphatic rings. The number of likely N-dealkylation sites (N-methyl/N-ethyl adjacent to an activating group) is 1. The molecule has 2 rings (SSSR count). The van der Waals surface area contributed by atoms with Crippen LogP contribution in [-0.4, -0.2) is 44.1 Å². The lowest BCUT2D eigenvalue weighted by molar-refractivity contribution is -0.138. The first-order valence-corrected chi connectivity index (χ1v) is 6.00.